The minimum absolute atomic E-state index is 0.0668. The lowest BCUT2D eigenvalue weighted by Crippen LogP contribution is -2.12. The van der Waals surface area contributed by atoms with E-state index in [2.05, 4.69) is 0 Å². The summed E-state index contributed by atoms with van der Waals surface area (Å²) in [7, 11) is 0. The Kier molecular flexibility index (Phi) is 4.19. The Morgan fingerprint density at radius 2 is 1.43 bits per heavy atom. The lowest BCUT2D eigenvalue weighted by atomic mass is 10.00. The first-order chi connectivity index (χ1) is 9.90. The molecule has 0 spiro atoms. The van der Waals surface area contributed by atoms with E-state index < -0.39 is 5.91 Å². The van der Waals surface area contributed by atoms with Crippen molar-refractivity contribution < 1.29 is 14.4 Å². The average Bonchev–Trinajstić information content (AvgIpc) is 2.46. The Morgan fingerprint density at radius 1 is 0.905 bits per heavy atom. The zero-order valence-corrected chi connectivity index (χ0v) is 12.0. The van der Waals surface area contributed by atoms with Gasteiger partial charge in [0.05, 0.1) is 10.6 Å². The number of amides is 1. The molecule has 0 aliphatic rings. The van der Waals surface area contributed by atoms with Crippen molar-refractivity contribution >= 4 is 29.1 Å². The van der Waals surface area contributed by atoms with Crippen LogP contribution in [0.4, 0.5) is 0 Å². The normalized spacial score (nSPS) is 10.2. The van der Waals surface area contributed by atoms with Crippen LogP contribution in [0.1, 0.15) is 43.6 Å². The molecule has 0 aromatic heterocycles. The first-order valence-corrected chi connectivity index (χ1v) is 6.53. The molecule has 21 heavy (non-hydrogen) atoms. The van der Waals surface area contributed by atoms with Gasteiger partial charge in [-0.15, -0.1) is 0 Å². The van der Waals surface area contributed by atoms with E-state index in [9.17, 15) is 14.4 Å². The summed E-state index contributed by atoms with van der Waals surface area (Å²) in [5, 5.41) is 0.133. The summed E-state index contributed by atoms with van der Waals surface area (Å²) in [5.41, 5.74) is 6.64. The van der Waals surface area contributed by atoms with Crippen LogP contribution in [0.3, 0.4) is 0 Å². The minimum Gasteiger partial charge on any atom is -0.366 e. The van der Waals surface area contributed by atoms with Gasteiger partial charge in [0.2, 0.25) is 5.91 Å². The highest BCUT2D eigenvalue weighted by atomic mass is 35.5. The molecule has 0 aliphatic carbocycles. The van der Waals surface area contributed by atoms with Gasteiger partial charge in [0, 0.05) is 16.7 Å². The van der Waals surface area contributed by atoms with Crippen LogP contribution in [-0.2, 0) is 0 Å². The number of halogens is 1. The number of carbonyl (C=O) groups is 3. The molecular weight excluding hydrogens is 290 g/mol. The fourth-order valence-corrected chi connectivity index (χ4v) is 2.15. The summed E-state index contributed by atoms with van der Waals surface area (Å²) in [4.78, 5) is 34.6. The number of hydrogen-bond acceptors (Lipinski definition) is 3. The molecule has 2 rings (SSSR count). The van der Waals surface area contributed by atoms with Crippen molar-refractivity contribution in [1.29, 1.82) is 0 Å². The van der Waals surface area contributed by atoms with Crippen LogP contribution in [0.2, 0.25) is 5.02 Å². The molecule has 0 bridgehead atoms. The van der Waals surface area contributed by atoms with Crippen molar-refractivity contribution in [3.05, 3.63) is 69.7 Å². The summed E-state index contributed by atoms with van der Waals surface area (Å²) in [6.07, 6.45) is 0. The van der Waals surface area contributed by atoms with E-state index >= 15 is 0 Å². The lowest BCUT2D eigenvalue weighted by molar-refractivity contribution is 0.0995. The maximum absolute atomic E-state index is 12.3. The van der Waals surface area contributed by atoms with Gasteiger partial charge >= 0.3 is 0 Å². The standard InChI is InChI=1S/C16H12ClNO3/c1-9(19)10-2-4-11(5-3-10)15(20)12-6-7-13(16(18)21)14(17)8-12/h2-8H,1H3,(H2,18,21). The maximum atomic E-state index is 12.3. The Hall–Kier alpha value is -2.46. The minimum atomic E-state index is -0.648. The van der Waals surface area contributed by atoms with Gasteiger partial charge in [-0.25, -0.2) is 0 Å². The van der Waals surface area contributed by atoms with Crippen molar-refractivity contribution in [2.24, 2.45) is 5.73 Å². The molecule has 2 aromatic carbocycles. The van der Waals surface area contributed by atoms with Gasteiger partial charge in [0.15, 0.2) is 11.6 Å². The van der Waals surface area contributed by atoms with E-state index in [4.69, 9.17) is 17.3 Å². The van der Waals surface area contributed by atoms with E-state index in [1.807, 2.05) is 0 Å². The van der Waals surface area contributed by atoms with Gasteiger partial charge in [-0.3, -0.25) is 14.4 Å². The second kappa shape index (κ2) is 5.89. The van der Waals surface area contributed by atoms with Crippen LogP contribution in [0.25, 0.3) is 0 Å². The summed E-state index contributed by atoms with van der Waals surface area (Å²) < 4.78 is 0. The molecule has 0 heterocycles. The fraction of sp³-hybridized carbons (Fsp3) is 0.0625. The molecule has 5 heteroatoms. The average molecular weight is 302 g/mol. The van der Waals surface area contributed by atoms with Crippen LogP contribution in [0.15, 0.2) is 42.5 Å². The second-order valence-electron chi connectivity index (χ2n) is 4.52. The number of ketones is 2. The predicted molar refractivity (Wildman–Crippen MR) is 79.8 cm³/mol. The topological polar surface area (TPSA) is 77.2 Å². The number of Topliss-reactive ketones (excluding diaryl/α,β-unsaturated/α-hetero) is 1. The number of carbonyl (C=O) groups excluding carboxylic acids is 3. The van der Waals surface area contributed by atoms with Crippen molar-refractivity contribution in [1.82, 2.24) is 0 Å². The van der Waals surface area contributed by atoms with Crippen molar-refractivity contribution in [3.63, 3.8) is 0 Å². The fourth-order valence-electron chi connectivity index (χ4n) is 1.88. The quantitative estimate of drug-likeness (QED) is 0.882. The van der Waals surface area contributed by atoms with Crippen molar-refractivity contribution in [2.75, 3.05) is 0 Å². The molecule has 106 valence electrons. The molecule has 2 aromatic rings. The van der Waals surface area contributed by atoms with Crippen molar-refractivity contribution in [3.8, 4) is 0 Å². The molecule has 4 nitrogen and oxygen atoms in total. The number of benzene rings is 2. The molecular formula is C16H12ClNO3. The summed E-state index contributed by atoms with van der Waals surface area (Å²) in [6.45, 7) is 1.46. The van der Waals surface area contributed by atoms with Crippen molar-refractivity contribution in [2.45, 2.75) is 6.92 Å². The highest BCUT2D eigenvalue weighted by Gasteiger charge is 2.13. The number of rotatable bonds is 4. The summed E-state index contributed by atoms with van der Waals surface area (Å²) in [5.74, 6) is -0.962. The molecule has 0 radical (unpaired) electrons. The monoisotopic (exact) mass is 301 g/mol. The summed E-state index contributed by atoms with van der Waals surface area (Å²) >= 11 is 5.92. The van der Waals surface area contributed by atoms with Crippen LogP contribution >= 0.6 is 11.6 Å². The third-order valence-electron chi connectivity index (χ3n) is 3.05. The highest BCUT2D eigenvalue weighted by molar-refractivity contribution is 6.34. The van der Waals surface area contributed by atoms with Gasteiger partial charge < -0.3 is 5.73 Å². The van der Waals surface area contributed by atoms with Gasteiger partial charge in [-0.2, -0.15) is 0 Å². The number of hydrogen-bond donors (Lipinski definition) is 1. The molecule has 2 N–H and O–H groups in total. The Labute approximate surface area is 126 Å². The molecule has 0 atom stereocenters. The van der Waals surface area contributed by atoms with E-state index in [1.54, 1.807) is 24.3 Å². The van der Waals surface area contributed by atoms with Crippen LogP contribution in [0.5, 0.6) is 0 Å². The highest BCUT2D eigenvalue weighted by Crippen LogP contribution is 2.20. The molecule has 1 amide bonds. The Morgan fingerprint density at radius 3 is 1.90 bits per heavy atom. The summed E-state index contributed by atoms with van der Waals surface area (Å²) in [6, 6.07) is 10.7. The third-order valence-corrected chi connectivity index (χ3v) is 3.36. The van der Waals surface area contributed by atoms with E-state index in [-0.39, 0.29) is 22.2 Å². The predicted octanol–water partition coefficient (Wildman–Crippen LogP) is 2.87. The number of primary amides is 1. The van der Waals surface area contributed by atoms with E-state index in [1.165, 1.54) is 25.1 Å². The van der Waals surface area contributed by atoms with Crippen LogP contribution in [-0.4, -0.2) is 17.5 Å². The van der Waals surface area contributed by atoms with Gasteiger partial charge in [0.25, 0.3) is 0 Å². The Bertz CT molecular complexity index is 736. The molecule has 0 fully saturated rings. The second-order valence-corrected chi connectivity index (χ2v) is 4.93. The molecule has 0 unspecified atom stereocenters. The zero-order chi connectivity index (χ0) is 15.6. The van der Waals surface area contributed by atoms with Crippen LogP contribution in [0, 0.1) is 0 Å². The number of nitrogens with two attached hydrogens (primary N) is 1. The molecule has 0 saturated carbocycles. The van der Waals surface area contributed by atoms with Crippen LogP contribution < -0.4 is 5.73 Å². The molecule has 0 aliphatic heterocycles. The van der Waals surface area contributed by atoms with Gasteiger partial charge in [0.1, 0.15) is 0 Å². The smallest absolute Gasteiger partial charge is 0.250 e. The first-order valence-electron chi connectivity index (χ1n) is 6.15. The first kappa shape index (κ1) is 14.9. The third kappa shape index (κ3) is 3.17. The maximum Gasteiger partial charge on any atom is 0.250 e. The molecule has 0 saturated heterocycles. The van der Waals surface area contributed by atoms with Gasteiger partial charge in [-0.1, -0.05) is 41.9 Å². The van der Waals surface area contributed by atoms with E-state index in [0.29, 0.717) is 16.7 Å². The van der Waals surface area contributed by atoms with Gasteiger partial charge in [-0.05, 0) is 19.1 Å². The lowest BCUT2D eigenvalue weighted by Gasteiger charge is -2.05. The zero-order valence-electron chi connectivity index (χ0n) is 11.2. The Balaban J connectivity index is 2.33. The largest absolute Gasteiger partial charge is 0.366 e. The van der Waals surface area contributed by atoms with E-state index in [0.717, 1.165) is 0 Å². The SMILES string of the molecule is CC(=O)c1ccc(C(=O)c2ccc(C(N)=O)c(Cl)c2)cc1.